The van der Waals surface area contributed by atoms with E-state index >= 15 is 0 Å². The Balaban J connectivity index is 2.66. The average Bonchev–Trinajstić information content (AvgIpc) is 2.21. The van der Waals surface area contributed by atoms with Crippen molar-refractivity contribution in [2.45, 2.75) is 0 Å². The summed E-state index contributed by atoms with van der Waals surface area (Å²) >= 11 is 1.76. The molecule has 0 aliphatic rings. The van der Waals surface area contributed by atoms with Gasteiger partial charge in [0.15, 0.2) is 5.82 Å². The highest BCUT2D eigenvalue weighted by Gasteiger charge is 2.06. The number of methoxy groups -OCH3 is 1. The van der Waals surface area contributed by atoms with E-state index < -0.39 is 0 Å². The van der Waals surface area contributed by atoms with E-state index in [9.17, 15) is 0 Å². The van der Waals surface area contributed by atoms with Gasteiger partial charge in [-0.3, -0.25) is 0 Å². The van der Waals surface area contributed by atoms with Gasteiger partial charge in [0.2, 0.25) is 5.88 Å². The molecule has 0 fully saturated rings. The largest absolute Gasteiger partial charge is 0.479 e. The molecule has 78 valence electrons. The van der Waals surface area contributed by atoms with Gasteiger partial charge in [-0.1, -0.05) is 0 Å². The highest BCUT2D eigenvalue weighted by molar-refractivity contribution is 7.98. The standard InChI is InChI=1S/C8H14N4OS/c1-13-8-6(9)7(11-5-12-8)10-3-4-14-2/h5H,3-4,9H2,1-2H3,(H,10,11,12). The van der Waals surface area contributed by atoms with Gasteiger partial charge >= 0.3 is 0 Å². The molecule has 0 saturated carbocycles. The van der Waals surface area contributed by atoms with Crippen LogP contribution >= 0.6 is 11.8 Å². The Labute approximate surface area is 87.5 Å². The lowest BCUT2D eigenvalue weighted by atomic mass is 10.4. The number of thioether (sulfide) groups is 1. The van der Waals surface area contributed by atoms with E-state index in [1.54, 1.807) is 11.8 Å². The second-order valence-corrected chi connectivity index (χ2v) is 3.55. The molecule has 3 N–H and O–H groups in total. The number of aromatic nitrogens is 2. The second-order valence-electron chi connectivity index (χ2n) is 2.56. The number of nitrogens with one attached hydrogen (secondary N) is 1. The first-order chi connectivity index (χ1) is 6.79. The molecule has 0 bridgehead atoms. The lowest BCUT2D eigenvalue weighted by Crippen LogP contribution is -2.09. The number of rotatable bonds is 5. The predicted octanol–water partition coefficient (Wildman–Crippen LogP) is 0.842. The number of ether oxygens (including phenoxy) is 1. The smallest absolute Gasteiger partial charge is 0.242 e. The third-order valence-corrected chi connectivity index (χ3v) is 2.25. The molecule has 0 amide bonds. The van der Waals surface area contributed by atoms with E-state index in [4.69, 9.17) is 10.5 Å². The van der Waals surface area contributed by atoms with Crippen LogP contribution in [0.15, 0.2) is 6.33 Å². The van der Waals surface area contributed by atoms with E-state index in [0.29, 0.717) is 17.4 Å². The van der Waals surface area contributed by atoms with Crippen molar-refractivity contribution in [1.82, 2.24) is 9.97 Å². The van der Waals surface area contributed by atoms with Gasteiger partial charge in [0.25, 0.3) is 0 Å². The number of anilines is 2. The summed E-state index contributed by atoms with van der Waals surface area (Å²) in [4.78, 5) is 7.90. The SMILES string of the molecule is COc1ncnc(NCCSC)c1N. The van der Waals surface area contributed by atoms with Crippen molar-refractivity contribution in [2.75, 3.05) is 36.7 Å². The van der Waals surface area contributed by atoms with Gasteiger partial charge in [-0.25, -0.2) is 4.98 Å². The second kappa shape index (κ2) is 5.54. The lowest BCUT2D eigenvalue weighted by Gasteiger charge is -2.09. The molecule has 1 heterocycles. The van der Waals surface area contributed by atoms with Gasteiger partial charge in [0.05, 0.1) is 7.11 Å². The van der Waals surface area contributed by atoms with Crippen LogP contribution in [0.4, 0.5) is 11.5 Å². The van der Waals surface area contributed by atoms with E-state index in [2.05, 4.69) is 15.3 Å². The molecule has 1 aromatic heterocycles. The minimum absolute atomic E-state index is 0.409. The number of nitrogens with zero attached hydrogens (tertiary/aromatic N) is 2. The normalized spacial score (nSPS) is 9.86. The maximum Gasteiger partial charge on any atom is 0.242 e. The number of hydrogen-bond donors (Lipinski definition) is 2. The van der Waals surface area contributed by atoms with Crippen LogP contribution in [-0.4, -0.2) is 35.6 Å². The summed E-state index contributed by atoms with van der Waals surface area (Å²) < 4.78 is 4.97. The average molecular weight is 214 g/mol. The molecule has 0 unspecified atom stereocenters. The summed E-state index contributed by atoms with van der Waals surface area (Å²) in [5.41, 5.74) is 6.21. The zero-order valence-electron chi connectivity index (χ0n) is 8.28. The van der Waals surface area contributed by atoms with Gasteiger partial charge in [0, 0.05) is 12.3 Å². The highest BCUT2D eigenvalue weighted by Crippen LogP contribution is 2.23. The molecule has 0 radical (unpaired) electrons. The van der Waals surface area contributed by atoms with E-state index in [1.807, 2.05) is 6.26 Å². The molecular formula is C8H14N4OS. The molecule has 0 atom stereocenters. The van der Waals surface area contributed by atoms with Gasteiger partial charge < -0.3 is 15.8 Å². The van der Waals surface area contributed by atoms with E-state index in [0.717, 1.165) is 12.3 Å². The molecule has 0 spiro atoms. The lowest BCUT2D eigenvalue weighted by molar-refractivity contribution is 0.399. The molecule has 5 nitrogen and oxygen atoms in total. The monoisotopic (exact) mass is 214 g/mol. The first-order valence-electron chi connectivity index (χ1n) is 4.17. The third-order valence-electron chi connectivity index (χ3n) is 1.64. The zero-order valence-corrected chi connectivity index (χ0v) is 9.10. The Morgan fingerprint density at radius 2 is 2.36 bits per heavy atom. The molecule has 1 rings (SSSR count). The Bertz CT molecular complexity index is 295. The van der Waals surface area contributed by atoms with Crippen molar-refractivity contribution in [3.05, 3.63) is 6.33 Å². The third kappa shape index (κ3) is 2.66. The minimum Gasteiger partial charge on any atom is -0.479 e. The molecule has 0 aliphatic heterocycles. The molecule has 1 aromatic rings. The maximum atomic E-state index is 5.76. The van der Waals surface area contributed by atoms with Gasteiger partial charge in [-0.15, -0.1) is 0 Å². The van der Waals surface area contributed by atoms with Crippen molar-refractivity contribution in [1.29, 1.82) is 0 Å². The first kappa shape index (κ1) is 10.9. The van der Waals surface area contributed by atoms with Crippen LogP contribution in [0.25, 0.3) is 0 Å². The Hall–Kier alpha value is -1.17. The fourth-order valence-electron chi connectivity index (χ4n) is 0.954. The summed E-state index contributed by atoms with van der Waals surface area (Å²) in [6.45, 7) is 0.825. The van der Waals surface area contributed by atoms with Crippen molar-refractivity contribution in [3.8, 4) is 5.88 Å². The van der Waals surface area contributed by atoms with Crippen LogP contribution in [0.3, 0.4) is 0 Å². The molecule has 0 aliphatic carbocycles. The molecule has 6 heteroatoms. The highest BCUT2D eigenvalue weighted by atomic mass is 32.2. The number of hydrogen-bond acceptors (Lipinski definition) is 6. The molecule has 14 heavy (non-hydrogen) atoms. The van der Waals surface area contributed by atoms with Crippen LogP contribution in [-0.2, 0) is 0 Å². The van der Waals surface area contributed by atoms with E-state index in [1.165, 1.54) is 13.4 Å². The summed E-state index contributed by atoms with van der Waals surface area (Å²) in [6.07, 6.45) is 3.47. The quantitative estimate of drug-likeness (QED) is 0.708. The van der Waals surface area contributed by atoms with Crippen LogP contribution in [0, 0.1) is 0 Å². The van der Waals surface area contributed by atoms with Gasteiger partial charge in [-0.2, -0.15) is 16.7 Å². The fraction of sp³-hybridized carbons (Fsp3) is 0.500. The van der Waals surface area contributed by atoms with Crippen LogP contribution in [0.1, 0.15) is 0 Å². The van der Waals surface area contributed by atoms with Crippen LogP contribution in [0.2, 0.25) is 0 Å². The summed E-state index contributed by atoms with van der Waals surface area (Å²) in [7, 11) is 1.53. The van der Waals surface area contributed by atoms with E-state index in [-0.39, 0.29) is 0 Å². The Morgan fingerprint density at radius 3 is 3.00 bits per heavy atom. The first-order valence-corrected chi connectivity index (χ1v) is 5.56. The molecule has 0 saturated heterocycles. The minimum atomic E-state index is 0.409. The Kier molecular flexibility index (Phi) is 4.31. The summed E-state index contributed by atoms with van der Waals surface area (Å²) in [5, 5.41) is 3.11. The summed E-state index contributed by atoms with van der Waals surface area (Å²) in [5.74, 6) is 2.05. The molecule has 0 aromatic carbocycles. The maximum absolute atomic E-state index is 5.76. The van der Waals surface area contributed by atoms with Crippen LogP contribution < -0.4 is 15.8 Å². The fourth-order valence-corrected chi connectivity index (χ4v) is 1.26. The van der Waals surface area contributed by atoms with Crippen molar-refractivity contribution < 1.29 is 4.74 Å². The van der Waals surface area contributed by atoms with Crippen molar-refractivity contribution >= 4 is 23.3 Å². The van der Waals surface area contributed by atoms with Crippen molar-refractivity contribution in [3.63, 3.8) is 0 Å². The molecular weight excluding hydrogens is 200 g/mol. The number of nitrogen functional groups attached to an aromatic ring is 1. The zero-order chi connectivity index (χ0) is 10.4. The Morgan fingerprint density at radius 1 is 1.57 bits per heavy atom. The number of nitrogens with two attached hydrogens (primary N) is 1. The summed E-state index contributed by atoms with van der Waals surface area (Å²) in [6, 6.07) is 0. The van der Waals surface area contributed by atoms with Gasteiger partial charge in [0.1, 0.15) is 12.0 Å². The predicted molar refractivity (Wildman–Crippen MR) is 59.9 cm³/mol. The van der Waals surface area contributed by atoms with Crippen molar-refractivity contribution in [2.24, 2.45) is 0 Å². The topological polar surface area (TPSA) is 73.1 Å². The van der Waals surface area contributed by atoms with Crippen LogP contribution in [0.5, 0.6) is 5.88 Å². The van der Waals surface area contributed by atoms with Gasteiger partial charge in [-0.05, 0) is 6.26 Å².